The number of nitrogens with zero attached hydrogens (tertiary/aromatic N) is 1. The topological polar surface area (TPSA) is 3.24 Å². The van der Waals surface area contributed by atoms with Crippen LogP contribution in [0.2, 0.25) is 0 Å². The minimum absolute atomic E-state index is 0.763. The summed E-state index contributed by atoms with van der Waals surface area (Å²) < 4.78 is 1.25. The lowest BCUT2D eigenvalue weighted by molar-refractivity contribution is 0.170. The Balaban J connectivity index is 1.99. The van der Waals surface area contributed by atoms with E-state index in [0.717, 1.165) is 18.5 Å². The minimum Gasteiger partial charge on any atom is -0.295 e. The molecular weight excluding hydrogens is 294 g/mol. The van der Waals surface area contributed by atoms with E-state index < -0.39 is 0 Å². The molecule has 17 heavy (non-hydrogen) atoms. The summed E-state index contributed by atoms with van der Waals surface area (Å²) in [5.74, 6) is 0.763. The molecule has 0 bridgehead atoms. The van der Waals surface area contributed by atoms with Crippen LogP contribution in [0.5, 0.6) is 0 Å². The molecule has 0 aliphatic heterocycles. The Morgan fingerprint density at radius 1 is 1.35 bits per heavy atom. The summed E-state index contributed by atoms with van der Waals surface area (Å²) in [4.78, 5) is 4.19. The highest BCUT2D eigenvalue weighted by Crippen LogP contribution is 2.28. The molecule has 1 aromatic rings. The molecule has 3 heteroatoms. The second-order valence-electron chi connectivity index (χ2n) is 5.47. The second kappa shape index (κ2) is 6.35. The first-order valence-electron chi connectivity index (χ1n) is 6.63. The van der Waals surface area contributed by atoms with Gasteiger partial charge in [-0.05, 0) is 46.8 Å². The minimum atomic E-state index is 0.763. The van der Waals surface area contributed by atoms with Gasteiger partial charge in [-0.1, -0.05) is 26.7 Å². The first-order valence-corrected chi connectivity index (χ1v) is 8.24. The van der Waals surface area contributed by atoms with Crippen molar-refractivity contribution >= 4 is 27.3 Å². The van der Waals surface area contributed by atoms with Crippen LogP contribution in [-0.4, -0.2) is 17.5 Å². The highest BCUT2D eigenvalue weighted by molar-refractivity contribution is 9.11. The maximum absolute atomic E-state index is 3.56. The van der Waals surface area contributed by atoms with E-state index in [4.69, 9.17) is 0 Å². The van der Waals surface area contributed by atoms with E-state index in [9.17, 15) is 0 Å². The van der Waals surface area contributed by atoms with Gasteiger partial charge in [0, 0.05) is 24.0 Å². The standard InChI is InChI=1S/C14H22BrNS/c1-11(2)9-16(12-5-3-4-6-12)10-13-7-8-14(15)17-13/h7-8,11-12H,3-6,9-10H2,1-2H3. The molecule has 0 saturated heterocycles. The van der Waals surface area contributed by atoms with E-state index in [1.165, 1.54) is 40.9 Å². The zero-order valence-corrected chi connectivity index (χ0v) is 13.2. The van der Waals surface area contributed by atoms with Crippen LogP contribution < -0.4 is 0 Å². The molecule has 0 aromatic carbocycles. The van der Waals surface area contributed by atoms with Crippen molar-refractivity contribution in [1.29, 1.82) is 0 Å². The van der Waals surface area contributed by atoms with Gasteiger partial charge < -0.3 is 0 Å². The average molecular weight is 316 g/mol. The number of hydrogen-bond donors (Lipinski definition) is 0. The summed E-state index contributed by atoms with van der Waals surface area (Å²) >= 11 is 5.43. The number of thiophene rings is 1. The van der Waals surface area contributed by atoms with E-state index in [1.807, 2.05) is 11.3 Å². The van der Waals surface area contributed by atoms with Crippen molar-refractivity contribution in [3.63, 3.8) is 0 Å². The SMILES string of the molecule is CC(C)CN(Cc1ccc(Br)s1)C1CCCC1. The van der Waals surface area contributed by atoms with Gasteiger partial charge in [-0.15, -0.1) is 11.3 Å². The maximum atomic E-state index is 3.56. The van der Waals surface area contributed by atoms with Crippen LogP contribution >= 0.6 is 27.3 Å². The molecule has 0 atom stereocenters. The lowest BCUT2D eigenvalue weighted by Gasteiger charge is -2.29. The molecule has 1 fully saturated rings. The molecular formula is C14H22BrNS. The molecule has 0 amide bonds. The Labute approximate surface area is 117 Å². The Morgan fingerprint density at radius 3 is 2.59 bits per heavy atom. The van der Waals surface area contributed by atoms with Gasteiger partial charge in [0.15, 0.2) is 0 Å². The summed E-state index contributed by atoms with van der Waals surface area (Å²) in [6.07, 6.45) is 5.65. The predicted octanol–water partition coefficient (Wildman–Crippen LogP) is 4.91. The van der Waals surface area contributed by atoms with Crippen molar-refractivity contribution in [2.24, 2.45) is 5.92 Å². The van der Waals surface area contributed by atoms with Crippen molar-refractivity contribution in [1.82, 2.24) is 4.90 Å². The van der Waals surface area contributed by atoms with Crippen LogP contribution in [0.1, 0.15) is 44.4 Å². The van der Waals surface area contributed by atoms with Gasteiger partial charge in [0.25, 0.3) is 0 Å². The highest BCUT2D eigenvalue weighted by atomic mass is 79.9. The van der Waals surface area contributed by atoms with Crippen LogP contribution in [-0.2, 0) is 6.54 Å². The first-order chi connectivity index (χ1) is 8.15. The second-order valence-corrected chi connectivity index (χ2v) is 8.01. The molecule has 2 rings (SSSR count). The molecule has 0 radical (unpaired) electrons. The molecule has 1 aliphatic rings. The molecule has 0 spiro atoms. The van der Waals surface area contributed by atoms with Gasteiger partial charge >= 0.3 is 0 Å². The van der Waals surface area contributed by atoms with Crippen molar-refractivity contribution < 1.29 is 0 Å². The van der Waals surface area contributed by atoms with Crippen molar-refractivity contribution in [2.45, 2.75) is 52.1 Å². The fourth-order valence-electron chi connectivity index (χ4n) is 2.72. The smallest absolute Gasteiger partial charge is 0.0701 e. The molecule has 1 saturated carbocycles. The van der Waals surface area contributed by atoms with E-state index in [1.54, 1.807) is 0 Å². The molecule has 96 valence electrons. The maximum Gasteiger partial charge on any atom is 0.0701 e. The number of halogens is 1. The monoisotopic (exact) mass is 315 g/mol. The van der Waals surface area contributed by atoms with Crippen LogP contribution in [0.25, 0.3) is 0 Å². The van der Waals surface area contributed by atoms with E-state index in [-0.39, 0.29) is 0 Å². The van der Waals surface area contributed by atoms with Gasteiger partial charge in [-0.3, -0.25) is 4.90 Å². The Hall–Kier alpha value is 0.140. The molecule has 0 N–H and O–H groups in total. The van der Waals surface area contributed by atoms with Gasteiger partial charge in [-0.2, -0.15) is 0 Å². The highest BCUT2D eigenvalue weighted by Gasteiger charge is 2.23. The van der Waals surface area contributed by atoms with E-state index in [0.29, 0.717) is 0 Å². The fraction of sp³-hybridized carbons (Fsp3) is 0.714. The Bertz CT molecular complexity index is 342. The normalized spacial score (nSPS) is 17.5. The van der Waals surface area contributed by atoms with Crippen molar-refractivity contribution in [3.05, 3.63) is 20.8 Å². The predicted molar refractivity (Wildman–Crippen MR) is 79.5 cm³/mol. The first kappa shape index (κ1) is 13.6. The zero-order chi connectivity index (χ0) is 12.3. The molecule has 0 unspecified atom stereocenters. The Kier molecular flexibility index (Phi) is 5.07. The third kappa shape index (κ3) is 4.08. The largest absolute Gasteiger partial charge is 0.295 e. The Morgan fingerprint density at radius 2 is 2.06 bits per heavy atom. The van der Waals surface area contributed by atoms with Gasteiger partial charge in [-0.25, -0.2) is 0 Å². The lowest BCUT2D eigenvalue weighted by Crippen LogP contribution is -2.35. The zero-order valence-electron chi connectivity index (χ0n) is 10.8. The average Bonchev–Trinajstić information content (AvgIpc) is 2.87. The fourth-order valence-corrected chi connectivity index (χ4v) is 4.23. The lowest BCUT2D eigenvalue weighted by atomic mass is 10.1. The number of rotatable bonds is 5. The van der Waals surface area contributed by atoms with Gasteiger partial charge in [0.05, 0.1) is 3.79 Å². The van der Waals surface area contributed by atoms with Gasteiger partial charge in [0.1, 0.15) is 0 Å². The molecule has 1 aliphatic carbocycles. The number of hydrogen-bond acceptors (Lipinski definition) is 2. The van der Waals surface area contributed by atoms with Crippen molar-refractivity contribution in [3.8, 4) is 0 Å². The third-order valence-electron chi connectivity index (χ3n) is 3.43. The van der Waals surface area contributed by atoms with Crippen LogP contribution in [0, 0.1) is 5.92 Å². The molecule has 1 heterocycles. The van der Waals surface area contributed by atoms with Crippen LogP contribution in [0.3, 0.4) is 0 Å². The summed E-state index contributed by atoms with van der Waals surface area (Å²) in [6.45, 7) is 7.03. The summed E-state index contributed by atoms with van der Waals surface area (Å²) in [5, 5.41) is 0. The quantitative estimate of drug-likeness (QED) is 0.746. The van der Waals surface area contributed by atoms with Crippen molar-refractivity contribution in [2.75, 3.05) is 6.54 Å². The third-order valence-corrected chi connectivity index (χ3v) is 5.04. The van der Waals surface area contributed by atoms with Crippen LogP contribution in [0.4, 0.5) is 0 Å². The van der Waals surface area contributed by atoms with Crippen LogP contribution in [0.15, 0.2) is 15.9 Å². The molecule has 1 aromatic heterocycles. The van der Waals surface area contributed by atoms with E-state index in [2.05, 4.69) is 46.8 Å². The summed E-state index contributed by atoms with van der Waals surface area (Å²) in [6, 6.07) is 5.26. The summed E-state index contributed by atoms with van der Waals surface area (Å²) in [5.41, 5.74) is 0. The van der Waals surface area contributed by atoms with E-state index >= 15 is 0 Å². The van der Waals surface area contributed by atoms with Gasteiger partial charge in [0.2, 0.25) is 0 Å². The molecule has 1 nitrogen and oxygen atoms in total. The summed E-state index contributed by atoms with van der Waals surface area (Å²) in [7, 11) is 0.